The van der Waals surface area contributed by atoms with Crippen molar-refractivity contribution in [3.8, 4) is 0 Å². The molecule has 20 heavy (non-hydrogen) atoms. The van der Waals surface area contributed by atoms with Crippen LogP contribution in [0.4, 0.5) is 0 Å². The molecular weight excluding hydrogens is 268 g/mol. The fourth-order valence-electron chi connectivity index (χ4n) is 2.76. The van der Waals surface area contributed by atoms with E-state index >= 15 is 0 Å². The van der Waals surface area contributed by atoms with Gasteiger partial charge in [-0.1, -0.05) is 36.8 Å². The van der Waals surface area contributed by atoms with Crippen LogP contribution >= 0.6 is 11.8 Å². The molecular formula is C16H24N2OS. The second-order valence-electron chi connectivity index (χ2n) is 5.53. The molecule has 1 saturated carbocycles. The minimum absolute atomic E-state index is 0.0133. The normalized spacial score (nSPS) is 24.1. The summed E-state index contributed by atoms with van der Waals surface area (Å²) >= 11 is 1.91. The first-order valence-electron chi connectivity index (χ1n) is 7.31. The van der Waals surface area contributed by atoms with E-state index in [-0.39, 0.29) is 5.91 Å². The lowest BCUT2D eigenvalue weighted by Gasteiger charge is -2.29. The van der Waals surface area contributed by atoms with Gasteiger partial charge in [0.1, 0.15) is 0 Å². The molecule has 0 aliphatic heterocycles. The fraction of sp³-hybridized carbons (Fsp3) is 0.562. The van der Waals surface area contributed by atoms with Crippen LogP contribution in [0.5, 0.6) is 0 Å². The van der Waals surface area contributed by atoms with Crippen molar-refractivity contribution in [3.63, 3.8) is 0 Å². The lowest BCUT2D eigenvalue weighted by Crippen LogP contribution is -2.48. The summed E-state index contributed by atoms with van der Waals surface area (Å²) < 4.78 is 0. The zero-order chi connectivity index (χ0) is 14.4. The van der Waals surface area contributed by atoms with Crippen molar-refractivity contribution in [2.75, 3.05) is 6.26 Å². The van der Waals surface area contributed by atoms with Gasteiger partial charge in [0.2, 0.25) is 5.91 Å². The van der Waals surface area contributed by atoms with E-state index < -0.39 is 6.04 Å². The van der Waals surface area contributed by atoms with Crippen molar-refractivity contribution >= 4 is 17.7 Å². The molecule has 4 heteroatoms. The smallest absolute Gasteiger partial charge is 0.237 e. The molecule has 1 aliphatic rings. The summed E-state index contributed by atoms with van der Waals surface area (Å²) in [4.78, 5) is 12.2. The second-order valence-corrected chi connectivity index (χ2v) is 6.66. The van der Waals surface area contributed by atoms with Crippen molar-refractivity contribution < 1.29 is 4.79 Å². The highest BCUT2D eigenvalue weighted by Gasteiger charge is 2.24. The van der Waals surface area contributed by atoms with E-state index in [4.69, 9.17) is 5.73 Å². The highest BCUT2D eigenvalue weighted by atomic mass is 32.2. The van der Waals surface area contributed by atoms with Gasteiger partial charge in [-0.05, 0) is 37.5 Å². The Morgan fingerprint density at radius 1 is 1.40 bits per heavy atom. The largest absolute Gasteiger partial charge is 0.352 e. The molecule has 0 heterocycles. The quantitative estimate of drug-likeness (QED) is 0.876. The number of nitrogens with one attached hydrogen (secondary N) is 1. The monoisotopic (exact) mass is 292 g/mol. The van der Waals surface area contributed by atoms with Gasteiger partial charge in [0.05, 0.1) is 6.04 Å². The van der Waals surface area contributed by atoms with Crippen LogP contribution < -0.4 is 11.1 Å². The molecule has 1 aromatic rings. The Labute approximate surface area is 125 Å². The summed E-state index contributed by atoms with van der Waals surface area (Å²) in [7, 11) is 0. The van der Waals surface area contributed by atoms with Gasteiger partial charge in [0.25, 0.3) is 0 Å². The zero-order valence-electron chi connectivity index (χ0n) is 12.0. The number of nitrogens with two attached hydrogens (primary N) is 1. The van der Waals surface area contributed by atoms with Crippen LogP contribution in [0, 0.1) is 0 Å². The van der Waals surface area contributed by atoms with Gasteiger partial charge in [0.15, 0.2) is 0 Å². The third-order valence-corrected chi connectivity index (χ3v) is 5.04. The van der Waals surface area contributed by atoms with Gasteiger partial charge in [0, 0.05) is 11.3 Å². The van der Waals surface area contributed by atoms with Crippen LogP contribution in [0.3, 0.4) is 0 Å². The lowest BCUT2D eigenvalue weighted by molar-refractivity contribution is -0.123. The number of carbonyl (C=O) groups is 1. The molecule has 2 rings (SSSR count). The molecule has 3 atom stereocenters. The Kier molecular flexibility index (Phi) is 5.92. The number of benzene rings is 1. The van der Waals surface area contributed by atoms with Gasteiger partial charge in [-0.25, -0.2) is 0 Å². The van der Waals surface area contributed by atoms with E-state index in [1.807, 2.05) is 42.1 Å². The topological polar surface area (TPSA) is 55.1 Å². The van der Waals surface area contributed by atoms with Crippen molar-refractivity contribution in [1.29, 1.82) is 0 Å². The highest BCUT2D eigenvalue weighted by molar-refractivity contribution is 7.99. The number of thioether (sulfide) groups is 1. The van der Waals surface area contributed by atoms with Crippen LogP contribution in [0.15, 0.2) is 30.3 Å². The minimum Gasteiger partial charge on any atom is -0.352 e. The van der Waals surface area contributed by atoms with Crippen LogP contribution in [-0.2, 0) is 11.2 Å². The maximum absolute atomic E-state index is 12.2. The molecule has 1 fully saturated rings. The summed E-state index contributed by atoms with van der Waals surface area (Å²) in [5, 5.41) is 3.81. The van der Waals surface area contributed by atoms with Gasteiger partial charge < -0.3 is 11.1 Å². The van der Waals surface area contributed by atoms with Crippen LogP contribution in [0.2, 0.25) is 0 Å². The number of carbonyl (C=O) groups excluding carboxylic acids is 1. The fourth-order valence-corrected chi connectivity index (χ4v) is 3.59. The Morgan fingerprint density at radius 2 is 2.15 bits per heavy atom. The summed E-state index contributed by atoms with van der Waals surface area (Å²) in [6.45, 7) is 0. The molecule has 0 bridgehead atoms. The molecule has 1 aromatic carbocycles. The Balaban J connectivity index is 1.81. The van der Waals surface area contributed by atoms with Gasteiger partial charge in [-0.2, -0.15) is 11.8 Å². The predicted octanol–water partition coefficient (Wildman–Crippen LogP) is 2.35. The molecule has 3 unspecified atom stereocenters. The van der Waals surface area contributed by atoms with Crippen LogP contribution in [-0.4, -0.2) is 29.5 Å². The third kappa shape index (κ3) is 4.53. The average molecular weight is 292 g/mol. The molecule has 110 valence electrons. The molecule has 3 nitrogen and oxygen atoms in total. The molecule has 0 aromatic heterocycles. The van der Waals surface area contributed by atoms with E-state index in [0.29, 0.717) is 17.7 Å². The minimum atomic E-state index is -0.452. The van der Waals surface area contributed by atoms with Crippen LogP contribution in [0.1, 0.15) is 31.2 Å². The summed E-state index contributed by atoms with van der Waals surface area (Å²) in [5.74, 6) is -0.0133. The Morgan fingerprint density at radius 3 is 2.85 bits per heavy atom. The van der Waals surface area contributed by atoms with Gasteiger partial charge >= 0.3 is 0 Å². The van der Waals surface area contributed by atoms with E-state index in [0.717, 1.165) is 18.4 Å². The maximum atomic E-state index is 12.2. The van der Waals surface area contributed by atoms with Crippen molar-refractivity contribution in [2.24, 2.45) is 5.73 Å². The average Bonchev–Trinajstić information content (AvgIpc) is 2.48. The highest BCUT2D eigenvalue weighted by Crippen LogP contribution is 2.26. The molecule has 0 radical (unpaired) electrons. The first-order chi connectivity index (χ1) is 9.69. The number of amides is 1. The molecule has 0 spiro atoms. The molecule has 0 saturated heterocycles. The summed E-state index contributed by atoms with van der Waals surface area (Å²) in [6, 6.07) is 9.80. The number of hydrogen-bond donors (Lipinski definition) is 2. The molecule has 1 amide bonds. The van der Waals surface area contributed by atoms with E-state index in [1.54, 1.807) is 0 Å². The predicted molar refractivity (Wildman–Crippen MR) is 85.8 cm³/mol. The number of hydrogen-bond acceptors (Lipinski definition) is 3. The zero-order valence-corrected chi connectivity index (χ0v) is 12.9. The lowest BCUT2D eigenvalue weighted by atomic mass is 9.94. The van der Waals surface area contributed by atoms with Crippen molar-refractivity contribution in [1.82, 2.24) is 5.32 Å². The van der Waals surface area contributed by atoms with Crippen molar-refractivity contribution in [2.45, 2.75) is 49.4 Å². The number of rotatable bonds is 5. The van der Waals surface area contributed by atoms with E-state index in [2.05, 4.69) is 11.6 Å². The Hall–Kier alpha value is -1.00. The Bertz CT molecular complexity index is 424. The molecule has 1 aliphatic carbocycles. The standard InChI is InChI=1S/C16H24N2OS/c1-20-14-9-5-8-13(11-14)18-16(19)15(17)10-12-6-3-2-4-7-12/h2-4,6-7,13-15H,5,8-11,17H2,1H3,(H,18,19). The third-order valence-electron chi connectivity index (χ3n) is 3.94. The summed E-state index contributed by atoms with van der Waals surface area (Å²) in [6.07, 6.45) is 7.38. The summed E-state index contributed by atoms with van der Waals surface area (Å²) in [5.41, 5.74) is 7.13. The van der Waals surface area contributed by atoms with E-state index in [9.17, 15) is 4.79 Å². The SMILES string of the molecule is CSC1CCCC(NC(=O)C(N)Cc2ccccc2)C1. The molecule has 3 N–H and O–H groups in total. The van der Waals surface area contributed by atoms with Gasteiger partial charge in [-0.15, -0.1) is 0 Å². The van der Waals surface area contributed by atoms with E-state index in [1.165, 1.54) is 12.8 Å². The van der Waals surface area contributed by atoms with Crippen LogP contribution in [0.25, 0.3) is 0 Å². The first kappa shape index (κ1) is 15.4. The maximum Gasteiger partial charge on any atom is 0.237 e. The van der Waals surface area contributed by atoms with Gasteiger partial charge in [-0.3, -0.25) is 4.79 Å². The second kappa shape index (κ2) is 7.70. The van der Waals surface area contributed by atoms with Crippen molar-refractivity contribution in [3.05, 3.63) is 35.9 Å². The first-order valence-corrected chi connectivity index (χ1v) is 8.60.